The summed E-state index contributed by atoms with van der Waals surface area (Å²) in [6.07, 6.45) is 0. The van der Waals surface area contributed by atoms with Crippen molar-refractivity contribution in [2.24, 2.45) is 0 Å². The lowest BCUT2D eigenvalue weighted by Gasteiger charge is -1.99. The van der Waals surface area contributed by atoms with Gasteiger partial charge in [-0.25, -0.2) is 0 Å². The summed E-state index contributed by atoms with van der Waals surface area (Å²) >= 11 is 6.03. The molecule has 1 aromatic carbocycles. The van der Waals surface area contributed by atoms with Gasteiger partial charge in [-0.1, -0.05) is 56.3 Å². The Hall–Kier alpha value is -2.04. The summed E-state index contributed by atoms with van der Waals surface area (Å²) in [6, 6.07) is 9.09. The lowest BCUT2D eigenvalue weighted by Crippen LogP contribution is -2.03. The molecule has 0 radical (unpaired) electrons. The molecule has 0 saturated heterocycles. The van der Waals surface area contributed by atoms with Crippen LogP contribution in [-0.2, 0) is 0 Å². The number of halogens is 1. The van der Waals surface area contributed by atoms with Crippen LogP contribution in [0.1, 0.15) is 16.1 Å². The van der Waals surface area contributed by atoms with Gasteiger partial charge in [-0.15, -0.1) is 10.2 Å². The van der Waals surface area contributed by atoms with Crippen LogP contribution in [0.25, 0.3) is 15.7 Å². The topological polar surface area (TPSA) is 86.2 Å². The van der Waals surface area contributed by atoms with E-state index in [2.05, 4.69) is 36.4 Å². The SMILES string of the molecule is Cc1cc(-c2nn3c(SCC(=O)c4ccc(Br)cc4)nnc3s2)no1. The van der Waals surface area contributed by atoms with Crippen LogP contribution < -0.4 is 0 Å². The van der Waals surface area contributed by atoms with Crippen molar-refractivity contribution in [3.05, 3.63) is 46.1 Å². The van der Waals surface area contributed by atoms with Crippen molar-refractivity contribution in [3.8, 4) is 10.7 Å². The van der Waals surface area contributed by atoms with Crippen molar-refractivity contribution in [1.29, 1.82) is 0 Å². The van der Waals surface area contributed by atoms with Gasteiger partial charge in [0.2, 0.25) is 10.1 Å². The number of aromatic nitrogens is 5. The van der Waals surface area contributed by atoms with Gasteiger partial charge in [0.15, 0.2) is 10.8 Å². The number of rotatable bonds is 5. The Labute approximate surface area is 158 Å². The summed E-state index contributed by atoms with van der Waals surface area (Å²) in [7, 11) is 0. The summed E-state index contributed by atoms with van der Waals surface area (Å²) in [6.45, 7) is 1.83. The summed E-state index contributed by atoms with van der Waals surface area (Å²) < 4.78 is 7.64. The molecule has 0 aliphatic heterocycles. The summed E-state index contributed by atoms with van der Waals surface area (Å²) in [5.41, 5.74) is 1.32. The molecule has 3 heterocycles. The largest absolute Gasteiger partial charge is 0.361 e. The number of fused-ring (bicyclic) bond motifs is 1. The fourth-order valence-electron chi connectivity index (χ4n) is 2.11. The molecule has 0 spiro atoms. The van der Waals surface area contributed by atoms with E-state index in [1.165, 1.54) is 23.1 Å². The van der Waals surface area contributed by atoms with Gasteiger partial charge >= 0.3 is 0 Å². The van der Waals surface area contributed by atoms with Gasteiger partial charge in [0.25, 0.3) is 0 Å². The summed E-state index contributed by atoms with van der Waals surface area (Å²) in [5.74, 6) is 1.01. The molecule has 0 fully saturated rings. The fourth-order valence-corrected chi connectivity index (χ4v) is 4.00. The number of benzene rings is 1. The third-order valence-electron chi connectivity index (χ3n) is 3.31. The van der Waals surface area contributed by atoms with E-state index in [9.17, 15) is 4.79 Å². The molecular formula is C15H10BrN5O2S2. The average molecular weight is 436 g/mol. The highest BCUT2D eigenvalue weighted by Crippen LogP contribution is 2.27. The number of carbonyl (C=O) groups excluding carboxylic acids is 1. The highest BCUT2D eigenvalue weighted by atomic mass is 79.9. The van der Waals surface area contributed by atoms with Crippen molar-refractivity contribution in [2.75, 3.05) is 5.75 Å². The van der Waals surface area contributed by atoms with Crippen molar-refractivity contribution >= 4 is 49.8 Å². The molecule has 0 N–H and O–H groups in total. The van der Waals surface area contributed by atoms with Crippen LogP contribution in [0.2, 0.25) is 0 Å². The molecule has 4 rings (SSSR count). The van der Waals surface area contributed by atoms with Crippen molar-refractivity contribution in [3.63, 3.8) is 0 Å². The number of hydrogen-bond acceptors (Lipinski definition) is 8. The normalized spacial score (nSPS) is 11.3. The van der Waals surface area contributed by atoms with Crippen molar-refractivity contribution in [2.45, 2.75) is 12.1 Å². The average Bonchev–Trinajstić information content (AvgIpc) is 3.29. The maximum absolute atomic E-state index is 12.3. The predicted molar refractivity (Wildman–Crippen MR) is 98.1 cm³/mol. The summed E-state index contributed by atoms with van der Waals surface area (Å²) in [4.78, 5) is 12.9. The molecule has 3 aromatic heterocycles. The maximum atomic E-state index is 12.3. The van der Waals surface area contributed by atoms with E-state index in [1.54, 1.807) is 16.6 Å². The summed E-state index contributed by atoms with van der Waals surface area (Å²) in [5, 5.41) is 17.9. The third-order valence-corrected chi connectivity index (χ3v) is 5.68. The fraction of sp³-hybridized carbons (Fsp3) is 0.133. The first-order chi connectivity index (χ1) is 12.1. The van der Waals surface area contributed by atoms with E-state index < -0.39 is 0 Å². The number of hydrogen-bond donors (Lipinski definition) is 0. The minimum Gasteiger partial charge on any atom is -0.361 e. The van der Waals surface area contributed by atoms with Crippen LogP contribution >= 0.6 is 39.0 Å². The molecule has 0 saturated carbocycles. The first kappa shape index (κ1) is 16.4. The molecule has 126 valence electrons. The van der Waals surface area contributed by atoms with Gasteiger partial charge in [0, 0.05) is 16.1 Å². The van der Waals surface area contributed by atoms with E-state index in [1.807, 2.05) is 25.1 Å². The minimum absolute atomic E-state index is 0.0248. The maximum Gasteiger partial charge on any atom is 0.235 e. The first-order valence-electron chi connectivity index (χ1n) is 7.17. The number of ketones is 1. The predicted octanol–water partition coefficient (Wildman–Crippen LogP) is 3.89. The number of thioether (sulfide) groups is 1. The van der Waals surface area contributed by atoms with Crippen LogP contribution in [0.5, 0.6) is 0 Å². The second kappa shape index (κ2) is 6.70. The Bertz CT molecular complexity index is 1050. The van der Waals surface area contributed by atoms with Gasteiger partial charge in [0.05, 0.1) is 5.75 Å². The zero-order valence-corrected chi connectivity index (χ0v) is 16.1. The Morgan fingerprint density at radius 1 is 1.32 bits per heavy atom. The quantitative estimate of drug-likeness (QED) is 0.347. The number of nitrogens with zero attached hydrogens (tertiary/aromatic N) is 5. The van der Waals surface area contributed by atoms with Crippen LogP contribution in [0.15, 0.2) is 44.5 Å². The molecule has 7 nitrogen and oxygen atoms in total. The Kier molecular flexibility index (Phi) is 4.40. The van der Waals surface area contributed by atoms with Crippen LogP contribution in [-0.4, -0.2) is 36.5 Å². The molecule has 25 heavy (non-hydrogen) atoms. The monoisotopic (exact) mass is 435 g/mol. The van der Waals surface area contributed by atoms with Crippen molar-refractivity contribution in [1.82, 2.24) is 25.0 Å². The highest BCUT2D eigenvalue weighted by molar-refractivity contribution is 9.10. The van der Waals surface area contributed by atoms with E-state index in [0.29, 0.717) is 26.4 Å². The standard InChI is InChI=1S/C15H10BrN5O2S2/c1-8-6-11(20-23-8)13-19-21-14(17-18-15(21)25-13)24-7-12(22)9-2-4-10(16)5-3-9/h2-6H,7H2,1H3. The Morgan fingerprint density at radius 3 is 2.84 bits per heavy atom. The molecule has 10 heteroatoms. The van der Waals surface area contributed by atoms with Gasteiger partial charge in [0.1, 0.15) is 11.5 Å². The van der Waals surface area contributed by atoms with Gasteiger partial charge in [-0.2, -0.15) is 9.61 Å². The molecule has 0 bridgehead atoms. The van der Waals surface area contributed by atoms with Crippen LogP contribution in [0.4, 0.5) is 0 Å². The molecule has 0 aliphatic carbocycles. The Balaban J connectivity index is 1.52. The van der Waals surface area contributed by atoms with Crippen LogP contribution in [0.3, 0.4) is 0 Å². The number of Topliss-reactive ketones (excluding diaryl/α,β-unsaturated/α-hetero) is 1. The number of carbonyl (C=O) groups is 1. The molecule has 0 amide bonds. The lowest BCUT2D eigenvalue weighted by atomic mass is 10.2. The smallest absolute Gasteiger partial charge is 0.235 e. The van der Waals surface area contributed by atoms with E-state index in [0.717, 1.165) is 10.2 Å². The van der Waals surface area contributed by atoms with E-state index in [4.69, 9.17) is 4.52 Å². The van der Waals surface area contributed by atoms with E-state index in [-0.39, 0.29) is 11.5 Å². The lowest BCUT2D eigenvalue weighted by molar-refractivity contribution is 0.102. The van der Waals surface area contributed by atoms with Gasteiger partial charge in [-0.3, -0.25) is 4.79 Å². The molecule has 0 unspecified atom stereocenters. The minimum atomic E-state index is 0.0248. The third kappa shape index (κ3) is 3.37. The number of aryl methyl sites for hydroxylation is 1. The zero-order valence-electron chi connectivity index (χ0n) is 12.8. The van der Waals surface area contributed by atoms with Crippen molar-refractivity contribution < 1.29 is 9.32 Å². The van der Waals surface area contributed by atoms with Gasteiger partial charge in [-0.05, 0) is 19.1 Å². The molecular weight excluding hydrogens is 426 g/mol. The zero-order chi connectivity index (χ0) is 17.4. The second-order valence-corrected chi connectivity index (χ2v) is 7.94. The highest BCUT2D eigenvalue weighted by Gasteiger charge is 2.17. The molecule has 0 atom stereocenters. The molecule has 0 aliphatic rings. The van der Waals surface area contributed by atoms with Gasteiger partial charge < -0.3 is 4.52 Å². The van der Waals surface area contributed by atoms with E-state index >= 15 is 0 Å². The Morgan fingerprint density at radius 2 is 2.12 bits per heavy atom. The second-order valence-electron chi connectivity index (χ2n) is 5.13. The first-order valence-corrected chi connectivity index (χ1v) is 9.77. The molecule has 4 aromatic rings. The van der Waals surface area contributed by atoms with Crippen LogP contribution in [0, 0.1) is 6.92 Å².